The van der Waals surface area contributed by atoms with Gasteiger partial charge in [0, 0.05) is 45.3 Å². The van der Waals surface area contributed by atoms with Gasteiger partial charge in [-0.2, -0.15) is 0 Å². The van der Waals surface area contributed by atoms with Crippen LogP contribution >= 0.6 is 0 Å². The number of imidazole rings is 2. The highest BCUT2D eigenvalue weighted by molar-refractivity contribution is 5.71. The molecule has 0 spiro atoms. The van der Waals surface area contributed by atoms with Crippen LogP contribution in [0.3, 0.4) is 0 Å². The van der Waals surface area contributed by atoms with Crippen molar-refractivity contribution in [1.29, 1.82) is 0 Å². The van der Waals surface area contributed by atoms with Crippen molar-refractivity contribution in [3.05, 3.63) is 96.1 Å². The van der Waals surface area contributed by atoms with Crippen molar-refractivity contribution >= 4 is 11.9 Å². The Hall–Kier alpha value is -4.64. The van der Waals surface area contributed by atoms with Gasteiger partial charge in [-0.05, 0) is 62.1 Å². The molecule has 0 aliphatic carbocycles. The summed E-state index contributed by atoms with van der Waals surface area (Å²) in [6.45, 7) is 5.09. The van der Waals surface area contributed by atoms with Gasteiger partial charge in [-0.1, -0.05) is 24.3 Å². The summed E-state index contributed by atoms with van der Waals surface area (Å²) < 4.78 is 25.5. The number of carbonyl (C=O) groups is 2. The van der Waals surface area contributed by atoms with Crippen LogP contribution in [0.4, 0.5) is 0 Å². The zero-order valence-corrected chi connectivity index (χ0v) is 27.0. The maximum Gasteiger partial charge on any atom is 0.306 e. The lowest BCUT2D eigenvalue weighted by Crippen LogP contribution is -2.24. The molecule has 246 valence electrons. The van der Waals surface area contributed by atoms with E-state index in [1.165, 1.54) is 0 Å². The van der Waals surface area contributed by atoms with Gasteiger partial charge >= 0.3 is 11.9 Å². The van der Waals surface area contributed by atoms with Crippen molar-refractivity contribution < 1.29 is 33.6 Å². The van der Waals surface area contributed by atoms with Gasteiger partial charge < -0.3 is 33.2 Å². The highest BCUT2D eigenvalue weighted by Crippen LogP contribution is 2.30. The molecule has 1 fully saturated rings. The Morgan fingerprint density at radius 1 is 0.826 bits per heavy atom. The quantitative estimate of drug-likeness (QED) is 0.198. The summed E-state index contributed by atoms with van der Waals surface area (Å²) >= 11 is 0. The Bertz CT molecular complexity index is 1510. The van der Waals surface area contributed by atoms with Crippen LogP contribution in [0.25, 0.3) is 0 Å². The van der Waals surface area contributed by atoms with Crippen LogP contribution in [0.2, 0.25) is 0 Å². The SMILES string of the molecule is CCOC(=O)CC(c1ccc(O)cc1)c1nccn1C.CCOC(=O)CC(c1ccc(OC2CCCCO2)cc1)c1nccn1C. The molecule has 0 saturated carbocycles. The van der Waals surface area contributed by atoms with E-state index in [4.69, 9.17) is 18.9 Å². The minimum atomic E-state index is -0.256. The summed E-state index contributed by atoms with van der Waals surface area (Å²) in [5.41, 5.74) is 1.93. The molecule has 3 heterocycles. The van der Waals surface area contributed by atoms with Crippen molar-refractivity contribution in [2.45, 2.75) is 64.1 Å². The normalized spacial score (nSPS) is 15.6. The van der Waals surface area contributed by atoms with Crippen LogP contribution < -0.4 is 4.74 Å². The molecule has 0 radical (unpaired) electrons. The molecule has 0 amide bonds. The molecule has 11 nitrogen and oxygen atoms in total. The fraction of sp³-hybridized carbons (Fsp3) is 0.429. The molecule has 3 atom stereocenters. The second-order valence-corrected chi connectivity index (χ2v) is 11.0. The number of phenolic OH excluding ortho intramolecular Hbond substituents is 1. The number of carbonyl (C=O) groups excluding carboxylic acids is 2. The summed E-state index contributed by atoms with van der Waals surface area (Å²) in [7, 11) is 3.82. The smallest absolute Gasteiger partial charge is 0.306 e. The van der Waals surface area contributed by atoms with Crippen molar-refractivity contribution in [2.75, 3.05) is 19.8 Å². The number of ether oxygens (including phenoxy) is 4. The van der Waals surface area contributed by atoms with Crippen LogP contribution in [-0.4, -0.2) is 62.3 Å². The van der Waals surface area contributed by atoms with Crippen LogP contribution in [0.1, 0.15) is 80.6 Å². The molecule has 1 aliphatic rings. The zero-order chi connectivity index (χ0) is 32.9. The van der Waals surface area contributed by atoms with Gasteiger partial charge in [0.1, 0.15) is 23.1 Å². The van der Waals surface area contributed by atoms with Crippen molar-refractivity contribution in [3.63, 3.8) is 0 Å². The topological polar surface area (TPSA) is 127 Å². The largest absolute Gasteiger partial charge is 0.508 e. The maximum absolute atomic E-state index is 12.1. The molecule has 1 N–H and O–H groups in total. The molecule has 3 unspecified atom stereocenters. The minimum absolute atomic E-state index is 0.158. The van der Waals surface area contributed by atoms with Gasteiger partial charge in [0.05, 0.1) is 44.5 Å². The van der Waals surface area contributed by atoms with Gasteiger partial charge in [0.15, 0.2) is 6.29 Å². The summed E-state index contributed by atoms with van der Waals surface area (Å²) in [5, 5.41) is 9.38. The zero-order valence-electron chi connectivity index (χ0n) is 27.0. The maximum atomic E-state index is 12.1. The number of aromatic hydroxyl groups is 1. The first-order valence-electron chi connectivity index (χ1n) is 15.7. The fourth-order valence-corrected chi connectivity index (χ4v) is 5.36. The fourth-order valence-electron chi connectivity index (χ4n) is 5.36. The number of aromatic nitrogens is 4. The lowest BCUT2D eigenvalue weighted by atomic mass is 9.94. The molecule has 11 heteroatoms. The summed E-state index contributed by atoms with van der Waals surface area (Å²) in [5.74, 6) is 1.78. The van der Waals surface area contributed by atoms with Gasteiger partial charge in [0.2, 0.25) is 0 Å². The number of phenols is 1. The molecule has 46 heavy (non-hydrogen) atoms. The lowest BCUT2D eigenvalue weighted by molar-refractivity contribution is -0.144. The van der Waals surface area contributed by atoms with Crippen LogP contribution in [0.5, 0.6) is 11.5 Å². The number of rotatable bonds is 12. The van der Waals surface area contributed by atoms with E-state index in [0.29, 0.717) is 13.2 Å². The van der Waals surface area contributed by atoms with Gasteiger partial charge in [-0.25, -0.2) is 9.97 Å². The van der Waals surface area contributed by atoms with Gasteiger partial charge in [0.25, 0.3) is 0 Å². The van der Waals surface area contributed by atoms with Crippen molar-refractivity contribution in [1.82, 2.24) is 19.1 Å². The highest BCUT2D eigenvalue weighted by Gasteiger charge is 2.24. The van der Waals surface area contributed by atoms with Crippen LogP contribution in [0, 0.1) is 0 Å². The Kier molecular flexibility index (Phi) is 12.8. The van der Waals surface area contributed by atoms with Crippen LogP contribution in [0.15, 0.2) is 73.3 Å². The molecule has 5 rings (SSSR count). The Morgan fingerprint density at radius 2 is 1.33 bits per heavy atom. The number of hydrogen-bond donors (Lipinski definition) is 1. The van der Waals surface area contributed by atoms with E-state index >= 15 is 0 Å². The van der Waals surface area contributed by atoms with E-state index in [-0.39, 0.29) is 48.7 Å². The van der Waals surface area contributed by atoms with E-state index < -0.39 is 0 Å². The van der Waals surface area contributed by atoms with E-state index in [9.17, 15) is 14.7 Å². The first-order valence-corrected chi connectivity index (χ1v) is 15.7. The lowest BCUT2D eigenvalue weighted by Gasteiger charge is -2.23. The summed E-state index contributed by atoms with van der Waals surface area (Å²) in [6.07, 6.45) is 10.6. The van der Waals surface area contributed by atoms with E-state index in [0.717, 1.165) is 54.4 Å². The highest BCUT2D eigenvalue weighted by atomic mass is 16.7. The minimum Gasteiger partial charge on any atom is -0.508 e. The Morgan fingerprint density at radius 3 is 1.74 bits per heavy atom. The van der Waals surface area contributed by atoms with E-state index in [1.54, 1.807) is 43.6 Å². The average Bonchev–Trinajstić information content (AvgIpc) is 3.68. The molecule has 4 aromatic rings. The Labute approximate surface area is 270 Å². The van der Waals surface area contributed by atoms with Gasteiger partial charge in [-0.15, -0.1) is 0 Å². The predicted octanol–water partition coefficient (Wildman–Crippen LogP) is 5.62. The van der Waals surface area contributed by atoms with Crippen LogP contribution in [-0.2, 0) is 37.9 Å². The molecular formula is C35H44N4O7. The number of esters is 2. The Balaban J connectivity index is 0.000000216. The third-order valence-electron chi connectivity index (χ3n) is 7.68. The predicted molar refractivity (Wildman–Crippen MR) is 171 cm³/mol. The molecular weight excluding hydrogens is 588 g/mol. The first kappa shape index (κ1) is 34.2. The third-order valence-corrected chi connectivity index (χ3v) is 7.68. The van der Waals surface area contributed by atoms with E-state index in [1.807, 2.05) is 66.8 Å². The van der Waals surface area contributed by atoms with E-state index in [2.05, 4.69) is 9.97 Å². The monoisotopic (exact) mass is 632 g/mol. The number of hydrogen-bond acceptors (Lipinski definition) is 9. The molecule has 2 aromatic heterocycles. The molecule has 2 aromatic carbocycles. The summed E-state index contributed by atoms with van der Waals surface area (Å²) in [4.78, 5) is 32.6. The molecule has 0 bridgehead atoms. The first-order chi connectivity index (χ1) is 22.3. The number of benzene rings is 2. The second kappa shape index (κ2) is 17.2. The van der Waals surface area contributed by atoms with Gasteiger partial charge in [-0.3, -0.25) is 9.59 Å². The van der Waals surface area contributed by atoms with Crippen molar-refractivity contribution in [2.24, 2.45) is 14.1 Å². The number of aryl methyl sites for hydroxylation is 2. The molecule has 1 saturated heterocycles. The molecule has 1 aliphatic heterocycles. The third kappa shape index (κ3) is 9.68. The standard InChI is InChI=1S/C20H26N2O4.C15H18N2O3/c1-3-24-18(23)14-17(20-21-11-12-22(20)2)15-7-9-16(10-8-15)26-19-6-4-5-13-25-19;1-3-20-14(19)10-13(15-16-8-9-17(15)2)11-4-6-12(18)7-5-11/h7-12,17,19H,3-6,13-14H2,1-2H3;4-9,13,18H,3,10H2,1-2H3. The number of nitrogens with zero attached hydrogens (tertiary/aromatic N) is 4. The average molecular weight is 633 g/mol. The summed E-state index contributed by atoms with van der Waals surface area (Å²) in [6, 6.07) is 14.6. The second-order valence-electron chi connectivity index (χ2n) is 11.0. The van der Waals surface area contributed by atoms with Crippen molar-refractivity contribution in [3.8, 4) is 11.5 Å².